The van der Waals surface area contributed by atoms with Gasteiger partial charge in [-0.2, -0.15) is 0 Å². The van der Waals surface area contributed by atoms with Crippen LogP contribution in [-0.2, 0) is 5.33 Å². The second-order valence-corrected chi connectivity index (χ2v) is 4.48. The maximum atomic E-state index is 13.7. The smallest absolute Gasteiger partial charge is 0.146 e. The molecule has 0 aromatic heterocycles. The lowest BCUT2D eigenvalue weighted by atomic mass is 10.1. The minimum Gasteiger partial charge on any atom is -0.342 e. The van der Waals surface area contributed by atoms with Gasteiger partial charge in [-0.05, 0) is 35.9 Å². The molecular weight excluding hydrogens is 300 g/mol. The summed E-state index contributed by atoms with van der Waals surface area (Å²) in [7, 11) is 1.76. The molecule has 0 aliphatic carbocycles. The maximum absolute atomic E-state index is 13.7. The number of anilines is 2. The van der Waals surface area contributed by atoms with Crippen molar-refractivity contribution in [3.63, 3.8) is 0 Å². The van der Waals surface area contributed by atoms with Gasteiger partial charge in [-0.15, -0.1) is 0 Å². The van der Waals surface area contributed by atoms with Crippen LogP contribution in [0, 0.1) is 11.6 Å². The molecule has 0 bridgehead atoms. The van der Waals surface area contributed by atoms with Crippen LogP contribution in [0.5, 0.6) is 0 Å². The molecule has 2 aromatic carbocycles. The number of benzene rings is 2. The Labute approximate surface area is 113 Å². The zero-order chi connectivity index (χ0) is 13.1. The zero-order valence-corrected chi connectivity index (χ0v) is 11.4. The normalized spacial score (nSPS) is 10.4. The monoisotopic (exact) mass is 311 g/mol. The highest BCUT2D eigenvalue weighted by atomic mass is 79.9. The molecule has 0 saturated carbocycles. The predicted octanol–water partition coefficient (Wildman–Crippen LogP) is 4.63. The topological polar surface area (TPSA) is 3.24 Å². The van der Waals surface area contributed by atoms with Gasteiger partial charge in [0.05, 0.1) is 5.69 Å². The van der Waals surface area contributed by atoms with E-state index in [9.17, 15) is 8.78 Å². The third-order valence-corrected chi connectivity index (χ3v) is 3.36. The van der Waals surface area contributed by atoms with Crippen LogP contribution in [0.2, 0.25) is 0 Å². The van der Waals surface area contributed by atoms with Crippen LogP contribution in [0.15, 0.2) is 42.5 Å². The Bertz CT molecular complexity index is 557. The van der Waals surface area contributed by atoms with E-state index >= 15 is 0 Å². The second kappa shape index (κ2) is 5.48. The van der Waals surface area contributed by atoms with Crippen molar-refractivity contribution < 1.29 is 8.78 Å². The van der Waals surface area contributed by atoms with Gasteiger partial charge in [-0.3, -0.25) is 0 Å². The quantitative estimate of drug-likeness (QED) is 0.747. The molecule has 0 aliphatic rings. The van der Waals surface area contributed by atoms with Gasteiger partial charge in [0.2, 0.25) is 0 Å². The number of rotatable bonds is 3. The molecule has 0 amide bonds. The zero-order valence-electron chi connectivity index (χ0n) is 9.83. The molecule has 0 heterocycles. The van der Waals surface area contributed by atoms with Crippen LogP contribution < -0.4 is 4.90 Å². The van der Waals surface area contributed by atoms with Gasteiger partial charge in [0.15, 0.2) is 0 Å². The van der Waals surface area contributed by atoms with E-state index in [0.717, 1.165) is 11.3 Å². The minimum atomic E-state index is -0.301. The van der Waals surface area contributed by atoms with Gasteiger partial charge >= 0.3 is 0 Å². The van der Waals surface area contributed by atoms with Crippen molar-refractivity contribution >= 4 is 27.3 Å². The van der Waals surface area contributed by atoms with E-state index in [-0.39, 0.29) is 11.6 Å². The van der Waals surface area contributed by atoms with Crippen molar-refractivity contribution in [3.05, 3.63) is 59.7 Å². The number of para-hydroxylation sites is 1. The fourth-order valence-corrected chi connectivity index (χ4v) is 2.29. The van der Waals surface area contributed by atoms with Crippen molar-refractivity contribution in [2.24, 2.45) is 0 Å². The predicted molar refractivity (Wildman–Crippen MR) is 73.5 cm³/mol. The maximum Gasteiger partial charge on any atom is 0.146 e. The Morgan fingerprint density at radius 2 is 1.78 bits per heavy atom. The number of halogens is 3. The van der Waals surface area contributed by atoms with E-state index in [2.05, 4.69) is 15.9 Å². The van der Waals surface area contributed by atoms with Crippen LogP contribution in [0.4, 0.5) is 20.2 Å². The number of hydrogen-bond donors (Lipinski definition) is 0. The summed E-state index contributed by atoms with van der Waals surface area (Å²) in [6, 6.07) is 11.0. The highest BCUT2D eigenvalue weighted by Gasteiger charge is 2.12. The van der Waals surface area contributed by atoms with Crippen LogP contribution in [0.25, 0.3) is 0 Å². The molecule has 0 fully saturated rings. The summed E-state index contributed by atoms with van der Waals surface area (Å²) in [4.78, 5) is 1.71. The molecule has 2 rings (SSSR count). The van der Waals surface area contributed by atoms with Gasteiger partial charge in [0, 0.05) is 18.1 Å². The molecule has 0 radical (unpaired) electrons. The lowest BCUT2D eigenvalue weighted by Gasteiger charge is -2.22. The number of alkyl halides is 1. The number of hydrogen-bond acceptors (Lipinski definition) is 1. The fourth-order valence-electron chi connectivity index (χ4n) is 1.84. The number of nitrogens with zero attached hydrogens (tertiary/aromatic N) is 1. The van der Waals surface area contributed by atoms with Crippen molar-refractivity contribution in [3.8, 4) is 0 Å². The summed E-state index contributed by atoms with van der Waals surface area (Å²) in [5.74, 6) is -0.597. The van der Waals surface area contributed by atoms with Gasteiger partial charge in [0.25, 0.3) is 0 Å². The Balaban J connectivity index is 2.46. The molecule has 0 aliphatic heterocycles. The summed E-state index contributed by atoms with van der Waals surface area (Å²) in [6.45, 7) is 0. The molecule has 0 saturated heterocycles. The highest BCUT2D eigenvalue weighted by molar-refractivity contribution is 9.08. The molecular formula is C14H12BrF2N. The van der Waals surface area contributed by atoms with E-state index in [1.54, 1.807) is 36.2 Å². The van der Waals surface area contributed by atoms with Gasteiger partial charge in [-0.25, -0.2) is 8.78 Å². The summed E-state index contributed by atoms with van der Waals surface area (Å²) < 4.78 is 26.9. The Kier molecular flexibility index (Phi) is 3.97. The first-order valence-electron chi connectivity index (χ1n) is 5.46. The van der Waals surface area contributed by atoms with E-state index < -0.39 is 0 Å². The van der Waals surface area contributed by atoms with Crippen molar-refractivity contribution in [1.29, 1.82) is 0 Å². The van der Waals surface area contributed by atoms with E-state index in [1.165, 1.54) is 18.2 Å². The first-order chi connectivity index (χ1) is 8.63. The fraction of sp³-hybridized carbons (Fsp3) is 0.143. The summed E-state index contributed by atoms with van der Waals surface area (Å²) in [5, 5.41) is 0.513. The summed E-state index contributed by atoms with van der Waals surface area (Å²) in [5.41, 5.74) is 2.02. The van der Waals surface area contributed by atoms with Gasteiger partial charge < -0.3 is 4.90 Å². The van der Waals surface area contributed by atoms with E-state index in [4.69, 9.17) is 0 Å². The highest BCUT2D eigenvalue weighted by Crippen LogP contribution is 2.30. The Hall–Kier alpha value is -1.42. The average molecular weight is 312 g/mol. The Morgan fingerprint density at radius 1 is 1.06 bits per heavy atom. The van der Waals surface area contributed by atoms with Gasteiger partial charge in [-0.1, -0.05) is 28.1 Å². The molecule has 2 aromatic rings. The third kappa shape index (κ3) is 2.53. The molecule has 18 heavy (non-hydrogen) atoms. The first kappa shape index (κ1) is 13.0. The minimum absolute atomic E-state index is 0.296. The van der Waals surface area contributed by atoms with Crippen LogP contribution in [-0.4, -0.2) is 7.05 Å². The SMILES string of the molecule is CN(c1ccccc1F)c1ccc(F)cc1CBr. The van der Waals surface area contributed by atoms with Crippen molar-refractivity contribution in [1.82, 2.24) is 0 Å². The molecule has 0 spiro atoms. The molecule has 1 nitrogen and oxygen atoms in total. The van der Waals surface area contributed by atoms with E-state index in [0.29, 0.717) is 11.0 Å². The lowest BCUT2D eigenvalue weighted by Crippen LogP contribution is -2.13. The van der Waals surface area contributed by atoms with Crippen LogP contribution >= 0.6 is 15.9 Å². The van der Waals surface area contributed by atoms with Crippen molar-refractivity contribution in [2.45, 2.75) is 5.33 Å². The Morgan fingerprint density at radius 3 is 2.44 bits per heavy atom. The molecule has 0 N–H and O–H groups in total. The summed E-state index contributed by atoms with van der Waals surface area (Å²) >= 11 is 3.31. The molecule has 4 heteroatoms. The summed E-state index contributed by atoms with van der Waals surface area (Å²) in [6.07, 6.45) is 0. The third-order valence-electron chi connectivity index (χ3n) is 2.76. The molecule has 0 unspecified atom stereocenters. The molecule has 94 valence electrons. The van der Waals surface area contributed by atoms with Crippen LogP contribution in [0.1, 0.15) is 5.56 Å². The standard InChI is InChI=1S/C14H12BrF2N/c1-18(14-5-3-2-4-12(14)17)13-7-6-11(16)8-10(13)9-15/h2-8H,9H2,1H3. The van der Waals surface area contributed by atoms with Crippen molar-refractivity contribution in [2.75, 3.05) is 11.9 Å². The first-order valence-corrected chi connectivity index (χ1v) is 6.58. The van der Waals surface area contributed by atoms with Gasteiger partial charge in [0.1, 0.15) is 11.6 Å². The van der Waals surface area contributed by atoms with Crippen LogP contribution in [0.3, 0.4) is 0 Å². The largest absolute Gasteiger partial charge is 0.342 e. The lowest BCUT2D eigenvalue weighted by molar-refractivity contribution is 0.625. The average Bonchev–Trinajstić information content (AvgIpc) is 2.38. The second-order valence-electron chi connectivity index (χ2n) is 3.92. The molecule has 0 atom stereocenters. The van der Waals surface area contributed by atoms with E-state index in [1.807, 2.05) is 0 Å².